The smallest absolute Gasteiger partial charge is 0.154 e. The molecular formula is C13H9N3S. The first-order valence-corrected chi connectivity index (χ1v) is 6.06. The molecule has 0 saturated heterocycles. The highest BCUT2D eigenvalue weighted by molar-refractivity contribution is 7.10. The SMILES string of the molecule is Cc1ccsc1C#Cc1cnc2ccnn2c1. The summed E-state index contributed by atoms with van der Waals surface area (Å²) in [6.45, 7) is 2.06. The van der Waals surface area contributed by atoms with Crippen molar-refractivity contribution in [3.8, 4) is 11.8 Å². The van der Waals surface area contributed by atoms with E-state index >= 15 is 0 Å². The van der Waals surface area contributed by atoms with E-state index in [0.29, 0.717) is 0 Å². The van der Waals surface area contributed by atoms with Crippen molar-refractivity contribution in [1.29, 1.82) is 0 Å². The number of aryl methyl sites for hydroxylation is 1. The quantitative estimate of drug-likeness (QED) is 0.564. The average molecular weight is 239 g/mol. The predicted octanol–water partition coefficient (Wildman–Crippen LogP) is 2.50. The maximum Gasteiger partial charge on any atom is 0.154 e. The Hall–Kier alpha value is -2.12. The molecule has 4 heteroatoms. The van der Waals surface area contributed by atoms with Crippen LogP contribution in [0, 0.1) is 18.8 Å². The first-order chi connectivity index (χ1) is 8.33. The zero-order valence-corrected chi connectivity index (χ0v) is 10.0. The van der Waals surface area contributed by atoms with Gasteiger partial charge in [0.1, 0.15) is 0 Å². The van der Waals surface area contributed by atoms with E-state index in [1.807, 2.05) is 17.6 Å². The fourth-order valence-corrected chi connectivity index (χ4v) is 2.28. The van der Waals surface area contributed by atoms with E-state index in [9.17, 15) is 0 Å². The average Bonchev–Trinajstić information content (AvgIpc) is 2.94. The molecule has 3 nitrogen and oxygen atoms in total. The monoisotopic (exact) mass is 239 g/mol. The molecule has 0 saturated carbocycles. The third kappa shape index (κ3) is 1.93. The second kappa shape index (κ2) is 4.04. The van der Waals surface area contributed by atoms with Gasteiger partial charge in [-0.3, -0.25) is 0 Å². The minimum Gasteiger partial charge on any atom is -0.236 e. The number of rotatable bonds is 0. The topological polar surface area (TPSA) is 30.2 Å². The van der Waals surface area contributed by atoms with E-state index in [0.717, 1.165) is 16.1 Å². The second-order valence-corrected chi connectivity index (χ2v) is 4.58. The van der Waals surface area contributed by atoms with E-state index in [1.165, 1.54) is 5.56 Å². The number of thiophene rings is 1. The number of aromatic nitrogens is 3. The van der Waals surface area contributed by atoms with Gasteiger partial charge in [0.15, 0.2) is 5.65 Å². The van der Waals surface area contributed by atoms with Crippen LogP contribution in [0.3, 0.4) is 0 Å². The van der Waals surface area contributed by atoms with Gasteiger partial charge < -0.3 is 0 Å². The normalized spacial score (nSPS) is 10.2. The highest BCUT2D eigenvalue weighted by Gasteiger charge is 1.96. The molecule has 0 unspecified atom stereocenters. The van der Waals surface area contributed by atoms with Crippen LogP contribution in [0.15, 0.2) is 36.1 Å². The fourth-order valence-electron chi connectivity index (χ4n) is 1.50. The van der Waals surface area contributed by atoms with Gasteiger partial charge in [-0.1, -0.05) is 11.8 Å². The van der Waals surface area contributed by atoms with Gasteiger partial charge >= 0.3 is 0 Å². The van der Waals surface area contributed by atoms with Gasteiger partial charge in [0.25, 0.3) is 0 Å². The van der Waals surface area contributed by atoms with Crippen molar-refractivity contribution < 1.29 is 0 Å². The molecule has 0 radical (unpaired) electrons. The molecule has 3 heterocycles. The molecule has 0 bridgehead atoms. The highest BCUT2D eigenvalue weighted by atomic mass is 32.1. The third-order valence-electron chi connectivity index (χ3n) is 2.43. The van der Waals surface area contributed by atoms with Crippen LogP contribution in [0.25, 0.3) is 5.65 Å². The molecule has 0 N–H and O–H groups in total. The molecule has 3 rings (SSSR count). The van der Waals surface area contributed by atoms with Crippen molar-refractivity contribution in [3.63, 3.8) is 0 Å². The van der Waals surface area contributed by atoms with Crippen molar-refractivity contribution >= 4 is 17.0 Å². The third-order valence-corrected chi connectivity index (χ3v) is 3.36. The van der Waals surface area contributed by atoms with E-state index in [4.69, 9.17) is 0 Å². The van der Waals surface area contributed by atoms with E-state index in [2.05, 4.69) is 34.9 Å². The van der Waals surface area contributed by atoms with Crippen LogP contribution in [0.2, 0.25) is 0 Å². The number of fused-ring (bicyclic) bond motifs is 1. The van der Waals surface area contributed by atoms with Gasteiger partial charge in [0, 0.05) is 18.5 Å². The predicted molar refractivity (Wildman–Crippen MR) is 68.0 cm³/mol. The highest BCUT2D eigenvalue weighted by Crippen LogP contribution is 2.13. The van der Waals surface area contributed by atoms with Crippen LogP contribution < -0.4 is 0 Å². The fraction of sp³-hybridized carbons (Fsp3) is 0.0769. The van der Waals surface area contributed by atoms with Gasteiger partial charge in [-0.25, -0.2) is 9.50 Å². The molecule has 3 aromatic rings. The Morgan fingerprint density at radius 1 is 1.29 bits per heavy atom. The summed E-state index contributed by atoms with van der Waals surface area (Å²) in [4.78, 5) is 5.37. The van der Waals surface area contributed by atoms with Gasteiger partial charge in [0.05, 0.1) is 16.6 Å². The van der Waals surface area contributed by atoms with Crippen molar-refractivity contribution in [3.05, 3.63) is 52.1 Å². The van der Waals surface area contributed by atoms with Crippen LogP contribution >= 0.6 is 11.3 Å². The lowest BCUT2D eigenvalue weighted by molar-refractivity contribution is 0.935. The lowest BCUT2D eigenvalue weighted by Crippen LogP contribution is -1.90. The van der Waals surface area contributed by atoms with Crippen molar-refractivity contribution in [2.24, 2.45) is 0 Å². The zero-order valence-electron chi connectivity index (χ0n) is 9.21. The molecule has 0 aromatic carbocycles. The molecule has 17 heavy (non-hydrogen) atoms. The minimum absolute atomic E-state index is 0.836. The lowest BCUT2D eigenvalue weighted by Gasteiger charge is -1.92. The molecule has 0 atom stereocenters. The second-order valence-electron chi connectivity index (χ2n) is 3.66. The van der Waals surface area contributed by atoms with Gasteiger partial charge in [-0.2, -0.15) is 5.10 Å². The van der Waals surface area contributed by atoms with Crippen molar-refractivity contribution in [1.82, 2.24) is 14.6 Å². The standard InChI is InChI=1S/C13H9N3S/c1-10-5-7-17-12(10)3-2-11-8-14-13-4-6-15-16(13)9-11/h4-9H,1H3. The van der Waals surface area contributed by atoms with E-state index < -0.39 is 0 Å². The van der Waals surface area contributed by atoms with E-state index in [-0.39, 0.29) is 0 Å². The molecule has 0 aliphatic rings. The summed E-state index contributed by atoms with van der Waals surface area (Å²) in [5.41, 5.74) is 2.92. The number of hydrogen-bond donors (Lipinski definition) is 0. The van der Waals surface area contributed by atoms with Gasteiger partial charge in [0.2, 0.25) is 0 Å². The van der Waals surface area contributed by atoms with Crippen LogP contribution in [0.1, 0.15) is 16.0 Å². The Bertz CT molecular complexity index is 728. The van der Waals surface area contributed by atoms with E-state index in [1.54, 1.807) is 28.2 Å². The molecule has 0 fully saturated rings. The van der Waals surface area contributed by atoms with Crippen LogP contribution in [-0.2, 0) is 0 Å². The molecule has 0 amide bonds. The summed E-state index contributed by atoms with van der Waals surface area (Å²) >= 11 is 1.66. The van der Waals surface area contributed by atoms with Gasteiger partial charge in [-0.05, 0) is 23.9 Å². The number of hydrogen-bond acceptors (Lipinski definition) is 3. The minimum atomic E-state index is 0.836. The summed E-state index contributed by atoms with van der Waals surface area (Å²) in [6, 6.07) is 3.93. The Balaban J connectivity index is 2.00. The summed E-state index contributed by atoms with van der Waals surface area (Å²) in [6.07, 6.45) is 5.38. The Morgan fingerprint density at radius 2 is 2.24 bits per heavy atom. The lowest BCUT2D eigenvalue weighted by atomic mass is 10.2. The molecule has 82 valence electrons. The van der Waals surface area contributed by atoms with Crippen LogP contribution in [0.5, 0.6) is 0 Å². The summed E-state index contributed by atoms with van der Waals surface area (Å²) in [7, 11) is 0. The Labute approximate surface area is 103 Å². The maximum atomic E-state index is 4.26. The summed E-state index contributed by atoms with van der Waals surface area (Å²) in [5, 5.41) is 6.18. The Kier molecular flexibility index (Phi) is 2.39. The van der Waals surface area contributed by atoms with Crippen molar-refractivity contribution in [2.75, 3.05) is 0 Å². The molecule has 0 aliphatic carbocycles. The largest absolute Gasteiger partial charge is 0.236 e. The maximum absolute atomic E-state index is 4.26. The first kappa shape index (κ1) is 10.1. The molecular weight excluding hydrogens is 230 g/mol. The van der Waals surface area contributed by atoms with Crippen LogP contribution in [0.4, 0.5) is 0 Å². The summed E-state index contributed by atoms with van der Waals surface area (Å²) in [5.74, 6) is 6.26. The molecule has 0 aliphatic heterocycles. The van der Waals surface area contributed by atoms with Crippen molar-refractivity contribution in [2.45, 2.75) is 6.92 Å². The molecule has 3 aromatic heterocycles. The number of nitrogens with zero attached hydrogens (tertiary/aromatic N) is 3. The first-order valence-electron chi connectivity index (χ1n) is 5.18. The summed E-state index contributed by atoms with van der Waals surface area (Å²) < 4.78 is 1.73. The Morgan fingerprint density at radius 3 is 3.06 bits per heavy atom. The molecule has 0 spiro atoms. The van der Waals surface area contributed by atoms with Crippen LogP contribution in [-0.4, -0.2) is 14.6 Å². The van der Waals surface area contributed by atoms with Gasteiger partial charge in [-0.15, -0.1) is 11.3 Å². The zero-order chi connectivity index (χ0) is 11.7.